The molecule has 0 radical (unpaired) electrons. The Morgan fingerprint density at radius 1 is 1.15 bits per heavy atom. The summed E-state index contributed by atoms with van der Waals surface area (Å²) in [5, 5.41) is 5.75. The van der Waals surface area contributed by atoms with Crippen molar-refractivity contribution in [1.29, 1.82) is 0 Å². The molecule has 1 rings (SSSR count). The second kappa shape index (κ2) is 11.3. The quantitative estimate of drug-likeness (QED) is 0.469. The Hall–Kier alpha value is -2.40. The van der Waals surface area contributed by atoms with E-state index in [9.17, 15) is 9.59 Å². The first-order valence-electron chi connectivity index (χ1n) is 8.99. The van der Waals surface area contributed by atoms with E-state index in [1.807, 2.05) is 37.3 Å². The summed E-state index contributed by atoms with van der Waals surface area (Å²) >= 11 is 0. The van der Waals surface area contributed by atoms with Gasteiger partial charge in [0.15, 0.2) is 0 Å². The number of nitrogens with one attached hydrogen (secondary N) is 2. The van der Waals surface area contributed by atoms with Gasteiger partial charge in [0, 0.05) is 12.6 Å². The topological polar surface area (TPSA) is 84.2 Å². The number of nitrogens with two attached hydrogens (primary N) is 1. The molecule has 5 heteroatoms. The van der Waals surface area contributed by atoms with Gasteiger partial charge in [0.1, 0.15) is 0 Å². The molecule has 1 aromatic carbocycles. The minimum Gasteiger partial charge on any atom is -0.350 e. The zero-order chi connectivity index (χ0) is 19.5. The molecule has 0 saturated carbocycles. The molecule has 0 heterocycles. The van der Waals surface area contributed by atoms with Crippen LogP contribution in [0.25, 0.3) is 0 Å². The highest BCUT2D eigenvalue weighted by molar-refractivity contribution is 5.88. The predicted molar refractivity (Wildman–Crippen MR) is 106 cm³/mol. The third-order valence-electron chi connectivity index (χ3n) is 3.88. The molecule has 1 aromatic rings. The predicted octanol–water partition coefficient (Wildman–Crippen LogP) is 3.00. The second-order valence-corrected chi connectivity index (χ2v) is 6.82. The lowest BCUT2D eigenvalue weighted by Gasteiger charge is -2.20. The molecule has 2 amide bonds. The summed E-state index contributed by atoms with van der Waals surface area (Å²) in [6.45, 7) is 8.01. The SMILES string of the molecule is CC(C)=CCC/C(C)=C/C(=O)NC[C@@H](NC(=O)[C@@H](C)N)c1ccccc1. The van der Waals surface area contributed by atoms with Crippen molar-refractivity contribution in [2.75, 3.05) is 6.54 Å². The summed E-state index contributed by atoms with van der Waals surface area (Å²) in [4.78, 5) is 24.1. The molecule has 26 heavy (non-hydrogen) atoms. The minimum absolute atomic E-state index is 0.157. The van der Waals surface area contributed by atoms with Gasteiger partial charge in [-0.25, -0.2) is 0 Å². The van der Waals surface area contributed by atoms with Crippen LogP contribution in [-0.4, -0.2) is 24.4 Å². The van der Waals surface area contributed by atoms with Crippen molar-refractivity contribution in [2.45, 2.75) is 52.6 Å². The van der Waals surface area contributed by atoms with Gasteiger partial charge in [-0.05, 0) is 46.1 Å². The van der Waals surface area contributed by atoms with Crippen molar-refractivity contribution >= 4 is 11.8 Å². The maximum Gasteiger partial charge on any atom is 0.244 e. The maximum absolute atomic E-state index is 12.2. The number of carbonyl (C=O) groups is 2. The van der Waals surface area contributed by atoms with Crippen LogP contribution in [0, 0.1) is 0 Å². The van der Waals surface area contributed by atoms with E-state index < -0.39 is 6.04 Å². The van der Waals surface area contributed by atoms with Crippen molar-refractivity contribution in [3.63, 3.8) is 0 Å². The van der Waals surface area contributed by atoms with E-state index in [4.69, 9.17) is 5.73 Å². The molecule has 5 nitrogen and oxygen atoms in total. The van der Waals surface area contributed by atoms with E-state index in [-0.39, 0.29) is 17.9 Å². The molecule has 0 bridgehead atoms. The average Bonchev–Trinajstić information content (AvgIpc) is 2.58. The minimum atomic E-state index is -0.603. The number of rotatable bonds is 9. The number of benzene rings is 1. The molecule has 0 aliphatic rings. The Morgan fingerprint density at radius 2 is 1.81 bits per heavy atom. The molecular weight excluding hydrogens is 326 g/mol. The molecule has 142 valence electrons. The van der Waals surface area contributed by atoms with Crippen LogP contribution in [-0.2, 0) is 9.59 Å². The molecular formula is C21H31N3O2. The largest absolute Gasteiger partial charge is 0.350 e. The fourth-order valence-electron chi connectivity index (χ4n) is 2.38. The van der Waals surface area contributed by atoms with Gasteiger partial charge in [-0.2, -0.15) is 0 Å². The van der Waals surface area contributed by atoms with Crippen LogP contribution in [0.3, 0.4) is 0 Å². The lowest BCUT2D eigenvalue weighted by molar-refractivity contribution is -0.123. The molecule has 0 spiro atoms. The lowest BCUT2D eigenvalue weighted by Crippen LogP contribution is -2.43. The van der Waals surface area contributed by atoms with Crippen LogP contribution in [0.2, 0.25) is 0 Å². The van der Waals surface area contributed by atoms with Crippen LogP contribution in [0.5, 0.6) is 0 Å². The first-order chi connectivity index (χ1) is 12.3. The van der Waals surface area contributed by atoms with Crippen molar-refractivity contribution in [3.05, 3.63) is 59.2 Å². The summed E-state index contributed by atoms with van der Waals surface area (Å²) in [5.41, 5.74) is 8.86. The average molecular weight is 357 g/mol. The Kier molecular flexibility index (Phi) is 9.37. The number of amides is 2. The third kappa shape index (κ3) is 8.62. The molecule has 0 fully saturated rings. The molecule has 0 aliphatic carbocycles. The highest BCUT2D eigenvalue weighted by atomic mass is 16.2. The Balaban J connectivity index is 2.66. The van der Waals surface area contributed by atoms with Gasteiger partial charge >= 0.3 is 0 Å². The van der Waals surface area contributed by atoms with E-state index in [1.54, 1.807) is 13.0 Å². The first-order valence-corrected chi connectivity index (χ1v) is 8.99. The number of carbonyl (C=O) groups excluding carboxylic acids is 2. The summed E-state index contributed by atoms with van der Waals surface area (Å²) in [7, 11) is 0. The number of hydrogen-bond donors (Lipinski definition) is 3. The molecule has 0 unspecified atom stereocenters. The number of allylic oxidation sites excluding steroid dienone is 3. The van der Waals surface area contributed by atoms with E-state index in [0.717, 1.165) is 24.0 Å². The Bertz CT molecular complexity index is 644. The van der Waals surface area contributed by atoms with Crippen LogP contribution < -0.4 is 16.4 Å². The van der Waals surface area contributed by atoms with Crippen molar-refractivity contribution in [3.8, 4) is 0 Å². The summed E-state index contributed by atoms with van der Waals surface area (Å²) in [6, 6.07) is 8.61. The molecule has 0 aliphatic heterocycles. The van der Waals surface area contributed by atoms with Gasteiger partial charge in [0.25, 0.3) is 0 Å². The van der Waals surface area contributed by atoms with E-state index in [1.165, 1.54) is 5.57 Å². The first kappa shape index (κ1) is 21.6. The van der Waals surface area contributed by atoms with Gasteiger partial charge in [0.2, 0.25) is 11.8 Å². The highest BCUT2D eigenvalue weighted by Gasteiger charge is 2.17. The fourth-order valence-corrected chi connectivity index (χ4v) is 2.38. The van der Waals surface area contributed by atoms with Gasteiger partial charge in [-0.15, -0.1) is 0 Å². The zero-order valence-electron chi connectivity index (χ0n) is 16.2. The van der Waals surface area contributed by atoms with E-state index in [0.29, 0.717) is 6.54 Å². The second-order valence-electron chi connectivity index (χ2n) is 6.82. The lowest BCUT2D eigenvalue weighted by atomic mass is 10.1. The molecule has 0 saturated heterocycles. The van der Waals surface area contributed by atoms with Crippen molar-refractivity contribution in [1.82, 2.24) is 10.6 Å². The van der Waals surface area contributed by atoms with E-state index >= 15 is 0 Å². The molecule has 4 N–H and O–H groups in total. The van der Waals surface area contributed by atoms with Crippen molar-refractivity contribution in [2.24, 2.45) is 5.73 Å². The molecule has 2 atom stereocenters. The van der Waals surface area contributed by atoms with Gasteiger partial charge in [-0.3, -0.25) is 9.59 Å². The van der Waals surface area contributed by atoms with Crippen LogP contribution in [0.4, 0.5) is 0 Å². The molecule has 0 aromatic heterocycles. The zero-order valence-corrected chi connectivity index (χ0v) is 16.2. The van der Waals surface area contributed by atoms with Gasteiger partial charge in [0.05, 0.1) is 12.1 Å². The van der Waals surface area contributed by atoms with Gasteiger partial charge < -0.3 is 16.4 Å². The summed E-state index contributed by atoms with van der Waals surface area (Å²) < 4.78 is 0. The Labute approximate surface area is 156 Å². The summed E-state index contributed by atoms with van der Waals surface area (Å²) in [5.74, 6) is -0.405. The van der Waals surface area contributed by atoms with Gasteiger partial charge in [-0.1, -0.05) is 47.6 Å². The fraction of sp³-hybridized carbons (Fsp3) is 0.429. The highest BCUT2D eigenvalue weighted by Crippen LogP contribution is 2.12. The maximum atomic E-state index is 12.2. The third-order valence-corrected chi connectivity index (χ3v) is 3.88. The van der Waals surface area contributed by atoms with Crippen LogP contribution in [0.15, 0.2) is 53.6 Å². The van der Waals surface area contributed by atoms with Crippen LogP contribution >= 0.6 is 0 Å². The summed E-state index contributed by atoms with van der Waals surface area (Å²) in [6.07, 6.45) is 5.55. The normalized spacial score (nSPS) is 13.5. The van der Waals surface area contributed by atoms with E-state index in [2.05, 4.69) is 30.6 Å². The van der Waals surface area contributed by atoms with Crippen molar-refractivity contribution < 1.29 is 9.59 Å². The Morgan fingerprint density at radius 3 is 2.38 bits per heavy atom. The van der Waals surface area contributed by atoms with Crippen LogP contribution in [0.1, 0.15) is 52.1 Å². The smallest absolute Gasteiger partial charge is 0.244 e. The monoisotopic (exact) mass is 357 g/mol. The number of hydrogen-bond acceptors (Lipinski definition) is 3. The standard InChI is InChI=1S/C21H31N3O2/c1-15(2)9-8-10-16(3)13-20(25)23-14-19(24-21(26)17(4)22)18-11-6-5-7-12-18/h5-7,9,11-13,17,19H,8,10,14,22H2,1-4H3,(H,23,25)(H,24,26)/b16-13+/t17-,19-/m1/s1.